The van der Waals surface area contributed by atoms with E-state index in [1.807, 2.05) is 0 Å². The molecule has 0 aliphatic rings. The zero-order valence-electron chi connectivity index (χ0n) is 9.95. The molecule has 10 heteroatoms. The lowest BCUT2D eigenvalue weighted by atomic mass is 10.5. The minimum atomic E-state index is -4.25. The van der Waals surface area contributed by atoms with Gasteiger partial charge in [-0.25, -0.2) is 0 Å². The molecule has 0 atom stereocenters. The Labute approximate surface area is 99.5 Å². The zero-order chi connectivity index (χ0) is 13.7. The third kappa shape index (κ3) is 2.61. The van der Waals surface area contributed by atoms with Gasteiger partial charge in [0.15, 0.2) is 0 Å². The van der Waals surface area contributed by atoms with E-state index in [4.69, 9.17) is 5.26 Å². The fraction of sp³-hybridized carbons (Fsp3) is 0.857. The second-order valence-corrected chi connectivity index (χ2v) is 8.12. The number of rotatable bonds is 7. The molecule has 0 aromatic heterocycles. The smallest absolute Gasteiger partial charge is 0.367 e. The SMILES string of the molecule is COP(=O)(OC)C(O)(CC#N)P(=O)(OC)OC. The summed E-state index contributed by atoms with van der Waals surface area (Å²) in [6.45, 7) is 0. The van der Waals surface area contributed by atoms with Gasteiger partial charge in [-0.05, 0) is 0 Å². The van der Waals surface area contributed by atoms with Gasteiger partial charge >= 0.3 is 15.2 Å². The van der Waals surface area contributed by atoms with Crippen LogP contribution in [0, 0.1) is 11.3 Å². The molecule has 0 bridgehead atoms. The zero-order valence-corrected chi connectivity index (χ0v) is 11.7. The predicted molar refractivity (Wildman–Crippen MR) is 58.4 cm³/mol. The Hall–Kier alpha value is -0.250. The maximum atomic E-state index is 12.1. The molecule has 17 heavy (non-hydrogen) atoms. The van der Waals surface area contributed by atoms with E-state index in [1.165, 1.54) is 0 Å². The van der Waals surface area contributed by atoms with Gasteiger partial charge in [0, 0.05) is 28.4 Å². The number of aliphatic hydroxyl groups is 1. The summed E-state index contributed by atoms with van der Waals surface area (Å²) in [4.78, 5) is 0. The molecule has 0 aromatic rings. The van der Waals surface area contributed by atoms with Gasteiger partial charge in [-0.3, -0.25) is 9.13 Å². The molecule has 0 fully saturated rings. The fourth-order valence-corrected chi connectivity index (χ4v) is 5.36. The first-order chi connectivity index (χ1) is 7.80. The van der Waals surface area contributed by atoms with E-state index in [1.54, 1.807) is 6.07 Å². The van der Waals surface area contributed by atoms with Gasteiger partial charge < -0.3 is 23.2 Å². The Morgan fingerprint density at radius 3 is 1.53 bits per heavy atom. The third-order valence-corrected chi connectivity index (χ3v) is 7.62. The van der Waals surface area contributed by atoms with Crippen LogP contribution < -0.4 is 0 Å². The van der Waals surface area contributed by atoms with Crippen LogP contribution in [0.1, 0.15) is 6.42 Å². The third-order valence-electron chi connectivity index (χ3n) is 2.15. The van der Waals surface area contributed by atoms with Crippen molar-refractivity contribution < 1.29 is 32.3 Å². The molecule has 0 amide bonds. The summed E-state index contributed by atoms with van der Waals surface area (Å²) in [6, 6.07) is 1.54. The van der Waals surface area contributed by atoms with Gasteiger partial charge in [0.25, 0.3) is 5.08 Å². The highest BCUT2D eigenvalue weighted by Gasteiger charge is 2.63. The van der Waals surface area contributed by atoms with Crippen molar-refractivity contribution in [3.8, 4) is 6.07 Å². The summed E-state index contributed by atoms with van der Waals surface area (Å²) in [5.41, 5.74) is 0. The quantitative estimate of drug-likeness (QED) is 0.700. The summed E-state index contributed by atoms with van der Waals surface area (Å²) in [7, 11) is -4.56. The number of hydrogen-bond donors (Lipinski definition) is 1. The monoisotopic (exact) mass is 287 g/mol. The largest absolute Gasteiger partial charge is 0.375 e. The molecule has 0 spiro atoms. The van der Waals surface area contributed by atoms with Crippen LogP contribution in [0.3, 0.4) is 0 Å². The van der Waals surface area contributed by atoms with Crippen LogP contribution in [-0.2, 0) is 27.2 Å². The first kappa shape index (κ1) is 16.8. The molecule has 100 valence electrons. The lowest BCUT2D eigenvalue weighted by Crippen LogP contribution is -2.31. The highest BCUT2D eigenvalue weighted by molar-refractivity contribution is 7.73. The van der Waals surface area contributed by atoms with Crippen LogP contribution in [0.15, 0.2) is 0 Å². The van der Waals surface area contributed by atoms with E-state index in [0.717, 1.165) is 28.4 Å². The molecule has 8 nitrogen and oxygen atoms in total. The van der Waals surface area contributed by atoms with Crippen LogP contribution in [0.4, 0.5) is 0 Å². The van der Waals surface area contributed by atoms with Crippen LogP contribution in [-0.4, -0.2) is 38.6 Å². The summed E-state index contributed by atoms with van der Waals surface area (Å²) < 4.78 is 42.5. The molecule has 0 aromatic carbocycles. The lowest BCUT2D eigenvalue weighted by molar-refractivity contribution is 0.106. The maximum Gasteiger partial charge on any atom is 0.375 e. The summed E-state index contributed by atoms with van der Waals surface area (Å²) >= 11 is 0. The van der Waals surface area contributed by atoms with E-state index in [-0.39, 0.29) is 0 Å². The minimum absolute atomic E-state index is 0.801. The molecule has 0 saturated carbocycles. The molecule has 0 aliphatic carbocycles. The number of hydrogen-bond acceptors (Lipinski definition) is 8. The summed E-state index contributed by atoms with van der Waals surface area (Å²) in [6.07, 6.45) is -0.801. The Kier molecular flexibility index (Phi) is 5.99. The van der Waals surface area contributed by atoms with Crippen LogP contribution in [0.25, 0.3) is 0 Å². The van der Waals surface area contributed by atoms with Crippen molar-refractivity contribution >= 4 is 15.2 Å². The Balaban J connectivity index is 5.86. The van der Waals surface area contributed by atoms with E-state index in [9.17, 15) is 14.2 Å². The van der Waals surface area contributed by atoms with Crippen molar-refractivity contribution in [2.45, 2.75) is 11.5 Å². The van der Waals surface area contributed by atoms with Gasteiger partial charge in [-0.1, -0.05) is 0 Å². The average molecular weight is 287 g/mol. The van der Waals surface area contributed by atoms with Crippen molar-refractivity contribution in [3.63, 3.8) is 0 Å². The summed E-state index contributed by atoms with van der Waals surface area (Å²) in [5, 5.41) is 16.2. The second kappa shape index (κ2) is 6.07. The second-order valence-electron chi connectivity index (χ2n) is 2.83. The van der Waals surface area contributed by atoms with Crippen LogP contribution in [0.5, 0.6) is 0 Å². The van der Waals surface area contributed by atoms with Gasteiger partial charge in [-0.2, -0.15) is 5.26 Å². The number of nitriles is 1. The Morgan fingerprint density at radius 1 is 1.06 bits per heavy atom. The molecular formula is C7H15NO7P2. The highest BCUT2D eigenvalue weighted by Crippen LogP contribution is 2.76. The molecule has 0 heterocycles. The van der Waals surface area contributed by atoms with Crippen LogP contribution >= 0.6 is 15.2 Å². The van der Waals surface area contributed by atoms with Crippen molar-refractivity contribution in [1.82, 2.24) is 0 Å². The minimum Gasteiger partial charge on any atom is -0.367 e. The van der Waals surface area contributed by atoms with E-state index in [0.29, 0.717) is 0 Å². The predicted octanol–water partition coefficient (Wildman–Crippen LogP) is 1.52. The van der Waals surface area contributed by atoms with Crippen molar-refractivity contribution in [2.75, 3.05) is 28.4 Å². The van der Waals surface area contributed by atoms with Gasteiger partial charge in [0.2, 0.25) is 0 Å². The van der Waals surface area contributed by atoms with E-state index >= 15 is 0 Å². The molecule has 0 rings (SSSR count). The summed E-state index contributed by atoms with van der Waals surface area (Å²) in [5.74, 6) is 0. The molecule has 1 N–H and O–H groups in total. The average Bonchev–Trinajstić information content (AvgIpc) is 2.36. The van der Waals surface area contributed by atoms with Gasteiger partial charge in [-0.15, -0.1) is 0 Å². The van der Waals surface area contributed by atoms with Gasteiger partial charge in [0.1, 0.15) is 0 Å². The Bertz CT molecular complexity index is 348. The van der Waals surface area contributed by atoms with E-state index in [2.05, 4.69) is 18.1 Å². The fourth-order valence-electron chi connectivity index (χ4n) is 1.18. The maximum absolute atomic E-state index is 12.1. The first-order valence-electron chi connectivity index (χ1n) is 4.33. The molecule has 0 unspecified atom stereocenters. The van der Waals surface area contributed by atoms with E-state index < -0.39 is 26.7 Å². The van der Waals surface area contributed by atoms with Crippen molar-refractivity contribution in [1.29, 1.82) is 5.26 Å². The molecule has 0 radical (unpaired) electrons. The highest BCUT2D eigenvalue weighted by atomic mass is 31.2. The van der Waals surface area contributed by atoms with Gasteiger partial charge in [0.05, 0.1) is 12.5 Å². The normalized spacial score (nSPS) is 13.4. The molecule has 0 saturated heterocycles. The first-order valence-corrected chi connectivity index (χ1v) is 7.42. The molecule has 0 aliphatic heterocycles. The van der Waals surface area contributed by atoms with Crippen LogP contribution in [0.2, 0.25) is 0 Å². The molecular weight excluding hydrogens is 272 g/mol. The van der Waals surface area contributed by atoms with Crippen molar-refractivity contribution in [2.24, 2.45) is 0 Å². The Morgan fingerprint density at radius 2 is 1.35 bits per heavy atom. The topological polar surface area (TPSA) is 115 Å². The lowest BCUT2D eigenvalue weighted by Gasteiger charge is -2.34. The standard InChI is InChI=1S/C7H15NO7P2/c1-12-16(10,13-2)7(9,5-6-8)17(11,14-3)15-4/h9H,5H2,1-4H3. The number of nitrogens with zero attached hydrogens (tertiary/aromatic N) is 1. The van der Waals surface area contributed by atoms with Crippen molar-refractivity contribution in [3.05, 3.63) is 0 Å².